The normalized spacial score (nSPS) is 13.2. The maximum atomic E-state index is 11.9. The minimum Gasteiger partial charge on any atom is -0.494 e. The number of carbonyl (C=O) groups excluding carboxylic acids is 1. The van der Waals surface area contributed by atoms with Gasteiger partial charge in [-0.3, -0.25) is 4.79 Å². The highest BCUT2D eigenvalue weighted by atomic mass is 32.2. The molecule has 0 bridgehead atoms. The van der Waals surface area contributed by atoms with Crippen LogP contribution in [0, 0.1) is 5.92 Å². The number of thioether (sulfide) groups is 1. The zero-order chi connectivity index (χ0) is 16.5. The summed E-state index contributed by atoms with van der Waals surface area (Å²) in [6.07, 6.45) is 0.698. The lowest BCUT2D eigenvalue weighted by Crippen LogP contribution is -2.45. The molecule has 0 aromatic heterocycles. The number of benzene rings is 1. The van der Waals surface area contributed by atoms with Crippen LogP contribution in [0.4, 0.5) is 0 Å². The number of amides is 1. The fraction of sp³-hybridized carbons (Fsp3) is 0.500. The second-order valence-corrected chi connectivity index (χ2v) is 6.01. The number of aliphatic carboxylic acids is 1. The van der Waals surface area contributed by atoms with E-state index in [0.29, 0.717) is 13.0 Å². The predicted molar refractivity (Wildman–Crippen MR) is 87.4 cm³/mol. The molecule has 1 aromatic carbocycles. The lowest BCUT2D eigenvalue weighted by Gasteiger charge is -2.20. The van der Waals surface area contributed by atoms with Gasteiger partial charge in [-0.15, -0.1) is 11.8 Å². The van der Waals surface area contributed by atoms with E-state index in [1.165, 1.54) is 11.8 Å². The number of carbonyl (C=O) groups is 2. The number of hydrogen-bond acceptors (Lipinski definition) is 4. The van der Waals surface area contributed by atoms with Gasteiger partial charge in [0.1, 0.15) is 11.8 Å². The van der Waals surface area contributed by atoms with Gasteiger partial charge in [-0.05, 0) is 37.1 Å². The van der Waals surface area contributed by atoms with Crippen molar-refractivity contribution in [3.8, 4) is 5.75 Å². The van der Waals surface area contributed by atoms with Crippen LogP contribution in [0.1, 0.15) is 27.2 Å². The molecule has 0 saturated carbocycles. The van der Waals surface area contributed by atoms with E-state index in [-0.39, 0.29) is 17.6 Å². The number of carboxylic acids is 1. The van der Waals surface area contributed by atoms with Crippen molar-refractivity contribution in [3.05, 3.63) is 24.3 Å². The molecule has 0 spiro atoms. The lowest BCUT2D eigenvalue weighted by atomic mass is 9.99. The van der Waals surface area contributed by atoms with Gasteiger partial charge in [0.05, 0.1) is 12.4 Å². The smallest absolute Gasteiger partial charge is 0.326 e. The zero-order valence-electron chi connectivity index (χ0n) is 13.2. The van der Waals surface area contributed by atoms with E-state index in [0.717, 1.165) is 10.6 Å². The quantitative estimate of drug-likeness (QED) is 0.683. The van der Waals surface area contributed by atoms with Crippen LogP contribution in [0.2, 0.25) is 0 Å². The van der Waals surface area contributed by atoms with Gasteiger partial charge in [-0.2, -0.15) is 0 Å². The molecule has 122 valence electrons. The molecule has 0 saturated heterocycles. The number of hydrogen-bond donors (Lipinski definition) is 2. The summed E-state index contributed by atoms with van der Waals surface area (Å²) < 4.78 is 5.35. The first kappa shape index (κ1) is 18.4. The molecule has 0 fully saturated rings. The molecule has 0 aliphatic carbocycles. The van der Waals surface area contributed by atoms with Crippen LogP contribution in [0.5, 0.6) is 5.75 Å². The van der Waals surface area contributed by atoms with E-state index in [4.69, 9.17) is 9.84 Å². The summed E-state index contributed by atoms with van der Waals surface area (Å²) in [5.41, 5.74) is 0. The summed E-state index contributed by atoms with van der Waals surface area (Å²) in [4.78, 5) is 24.0. The van der Waals surface area contributed by atoms with Gasteiger partial charge in [0.2, 0.25) is 5.91 Å². The summed E-state index contributed by atoms with van der Waals surface area (Å²) in [6.45, 7) is 6.25. The largest absolute Gasteiger partial charge is 0.494 e. The molecule has 6 heteroatoms. The first-order valence-electron chi connectivity index (χ1n) is 7.35. The van der Waals surface area contributed by atoms with Gasteiger partial charge in [0, 0.05) is 4.90 Å². The Bertz CT molecular complexity index is 489. The summed E-state index contributed by atoms with van der Waals surface area (Å²) in [5.74, 6) is -0.384. The van der Waals surface area contributed by atoms with Crippen LogP contribution < -0.4 is 10.1 Å². The van der Waals surface area contributed by atoms with Crippen LogP contribution >= 0.6 is 11.8 Å². The Morgan fingerprint density at radius 2 is 1.91 bits per heavy atom. The highest BCUT2D eigenvalue weighted by molar-refractivity contribution is 8.00. The van der Waals surface area contributed by atoms with Gasteiger partial charge in [-0.1, -0.05) is 20.3 Å². The number of carboxylic acid groups (broad SMARTS) is 1. The molecule has 1 rings (SSSR count). The summed E-state index contributed by atoms with van der Waals surface area (Å²) in [6, 6.07) is 6.63. The SMILES string of the molecule is CCOc1ccc(SCC(=O)NC(C(=O)O)C(C)CC)cc1. The Labute approximate surface area is 135 Å². The minimum absolute atomic E-state index is 0.100. The second-order valence-electron chi connectivity index (χ2n) is 4.96. The molecule has 0 heterocycles. The monoisotopic (exact) mass is 325 g/mol. The Hall–Kier alpha value is -1.69. The third-order valence-electron chi connectivity index (χ3n) is 3.30. The minimum atomic E-state index is -0.992. The third-order valence-corrected chi connectivity index (χ3v) is 4.31. The fourth-order valence-corrected chi connectivity index (χ4v) is 2.56. The van der Waals surface area contributed by atoms with Crippen molar-refractivity contribution in [2.75, 3.05) is 12.4 Å². The van der Waals surface area contributed by atoms with Gasteiger partial charge in [-0.25, -0.2) is 4.79 Å². The van der Waals surface area contributed by atoms with Crippen LogP contribution in [0.15, 0.2) is 29.2 Å². The van der Waals surface area contributed by atoms with Crippen LogP contribution in [0.25, 0.3) is 0 Å². The highest BCUT2D eigenvalue weighted by Crippen LogP contribution is 2.21. The van der Waals surface area contributed by atoms with Gasteiger partial charge in [0.15, 0.2) is 0 Å². The van der Waals surface area contributed by atoms with Crippen molar-refractivity contribution in [2.45, 2.75) is 38.1 Å². The molecule has 1 aromatic rings. The molecule has 0 radical (unpaired) electrons. The van der Waals surface area contributed by atoms with Gasteiger partial charge >= 0.3 is 5.97 Å². The number of ether oxygens (including phenoxy) is 1. The second kappa shape index (κ2) is 9.35. The van der Waals surface area contributed by atoms with E-state index >= 15 is 0 Å². The molecule has 2 atom stereocenters. The van der Waals surface area contributed by atoms with Gasteiger partial charge < -0.3 is 15.2 Å². The predicted octanol–water partition coefficient (Wildman–Crippen LogP) is 2.79. The molecular weight excluding hydrogens is 302 g/mol. The Morgan fingerprint density at radius 3 is 2.41 bits per heavy atom. The molecule has 1 amide bonds. The topological polar surface area (TPSA) is 75.6 Å². The van der Waals surface area contributed by atoms with E-state index in [9.17, 15) is 9.59 Å². The number of rotatable bonds is 9. The van der Waals surface area contributed by atoms with Crippen molar-refractivity contribution in [1.82, 2.24) is 5.32 Å². The van der Waals surface area contributed by atoms with Crippen LogP contribution in [0.3, 0.4) is 0 Å². The Morgan fingerprint density at radius 1 is 1.27 bits per heavy atom. The highest BCUT2D eigenvalue weighted by Gasteiger charge is 2.25. The Balaban J connectivity index is 2.49. The average molecular weight is 325 g/mol. The maximum Gasteiger partial charge on any atom is 0.326 e. The average Bonchev–Trinajstić information content (AvgIpc) is 2.51. The standard InChI is InChI=1S/C16H23NO4S/c1-4-11(3)15(16(19)20)17-14(18)10-22-13-8-6-12(7-9-13)21-5-2/h6-9,11,15H,4-5,10H2,1-3H3,(H,17,18)(H,19,20). The maximum absolute atomic E-state index is 11.9. The van der Waals surface area contributed by atoms with Gasteiger partial charge in [0.25, 0.3) is 0 Å². The van der Waals surface area contributed by atoms with E-state index < -0.39 is 12.0 Å². The van der Waals surface area contributed by atoms with Crippen molar-refractivity contribution in [1.29, 1.82) is 0 Å². The van der Waals surface area contributed by atoms with E-state index in [1.807, 2.05) is 45.0 Å². The molecule has 2 unspecified atom stereocenters. The van der Waals surface area contributed by atoms with E-state index in [1.54, 1.807) is 0 Å². The third kappa shape index (κ3) is 5.97. The van der Waals surface area contributed by atoms with Crippen LogP contribution in [-0.4, -0.2) is 35.4 Å². The zero-order valence-corrected chi connectivity index (χ0v) is 14.0. The number of nitrogens with one attached hydrogen (secondary N) is 1. The van der Waals surface area contributed by atoms with Crippen molar-refractivity contribution >= 4 is 23.6 Å². The Kier molecular flexibility index (Phi) is 7.80. The van der Waals surface area contributed by atoms with Crippen molar-refractivity contribution in [3.63, 3.8) is 0 Å². The molecular formula is C16H23NO4S. The first-order valence-corrected chi connectivity index (χ1v) is 8.34. The van der Waals surface area contributed by atoms with Crippen molar-refractivity contribution < 1.29 is 19.4 Å². The van der Waals surface area contributed by atoms with E-state index in [2.05, 4.69) is 5.32 Å². The molecule has 0 aliphatic rings. The summed E-state index contributed by atoms with van der Waals surface area (Å²) in [5, 5.41) is 11.7. The molecule has 5 nitrogen and oxygen atoms in total. The summed E-state index contributed by atoms with van der Waals surface area (Å²) >= 11 is 1.37. The fourth-order valence-electron chi connectivity index (χ4n) is 1.85. The first-order chi connectivity index (χ1) is 10.5. The van der Waals surface area contributed by atoms with Crippen molar-refractivity contribution in [2.24, 2.45) is 5.92 Å². The lowest BCUT2D eigenvalue weighted by molar-refractivity contribution is -0.143. The molecule has 0 aliphatic heterocycles. The molecule has 22 heavy (non-hydrogen) atoms. The molecule has 2 N–H and O–H groups in total. The summed E-state index contributed by atoms with van der Waals surface area (Å²) in [7, 11) is 0. The van der Waals surface area contributed by atoms with Crippen LogP contribution in [-0.2, 0) is 9.59 Å².